The smallest absolute Gasteiger partial charge is 0.248 e. The Morgan fingerprint density at radius 1 is 0.523 bits per heavy atom. The van der Waals surface area contributed by atoms with Gasteiger partial charge in [0.05, 0.1) is 37.6 Å². The molecule has 13 amide bonds. The first kappa shape index (κ1) is 92.4. The van der Waals surface area contributed by atoms with Gasteiger partial charge in [0.25, 0.3) is 0 Å². The zero-order valence-electron chi connectivity index (χ0n) is 68.8. The molecule has 4 aliphatic rings. The largest absolute Gasteiger partial charge is 0.391 e. The number of ether oxygens (including phenoxy) is 1. The van der Waals surface area contributed by atoms with Crippen LogP contribution in [-0.4, -0.2) is 277 Å². The molecule has 4 fully saturated rings. The Hall–Kier alpha value is -6.97. The number of nitrogens with one attached hydrogen (secondary N) is 5. The lowest BCUT2D eigenvalue weighted by molar-refractivity contribution is -0.152. The molecule has 0 aromatic carbocycles. The van der Waals surface area contributed by atoms with Crippen LogP contribution in [0.1, 0.15) is 224 Å². The van der Waals surface area contributed by atoms with Crippen molar-refractivity contribution in [3.63, 3.8) is 0 Å². The molecule has 2 aliphatic carbocycles. The minimum Gasteiger partial charge on any atom is -0.391 e. The van der Waals surface area contributed by atoms with Gasteiger partial charge in [0.15, 0.2) is 0 Å². The number of likely N-dealkylation sites (N-methyl/N-ethyl adjacent to an activating group) is 6. The fourth-order valence-corrected chi connectivity index (χ4v) is 15.6. The number of piperidine rings is 1. The minimum atomic E-state index is -1.63. The highest BCUT2D eigenvalue weighted by Gasteiger charge is 2.45. The molecule has 14 atom stereocenters. The van der Waals surface area contributed by atoms with Crippen molar-refractivity contribution in [2.75, 3.05) is 89.2 Å². The number of amides is 13. The van der Waals surface area contributed by atoms with Gasteiger partial charge in [-0.15, -0.1) is 0 Å². The van der Waals surface area contributed by atoms with Crippen LogP contribution in [0.5, 0.6) is 0 Å². The van der Waals surface area contributed by atoms with E-state index in [0.717, 1.165) is 43.4 Å². The summed E-state index contributed by atoms with van der Waals surface area (Å²) in [5.41, 5.74) is 0. The Labute approximate surface area is 639 Å². The van der Waals surface area contributed by atoms with E-state index < -0.39 is 169 Å². The van der Waals surface area contributed by atoms with Crippen LogP contribution in [-0.2, 0) is 67.1 Å². The molecular formula is C79H139N13O15. The summed E-state index contributed by atoms with van der Waals surface area (Å²) in [4.78, 5) is 205. The van der Waals surface area contributed by atoms with Crippen LogP contribution in [0.3, 0.4) is 0 Å². The van der Waals surface area contributed by atoms with E-state index in [1.807, 2.05) is 69.2 Å². The number of hydrogen-bond donors (Lipinski definition) is 6. The zero-order valence-corrected chi connectivity index (χ0v) is 68.8. The summed E-state index contributed by atoms with van der Waals surface area (Å²) in [6.45, 7) is 21.4. The number of aliphatic hydroxyl groups excluding tert-OH is 1. The van der Waals surface area contributed by atoms with Gasteiger partial charge < -0.3 is 75.6 Å². The molecule has 6 N–H and O–H groups in total. The van der Waals surface area contributed by atoms with E-state index in [1.54, 1.807) is 26.0 Å². The SMILES string of the molecule is CCCCN1CC(=O)N(C)[C@@H](CC2CCCCC2)C(=O)N(C)[C@@H](CC(C)C)C(=O)N[C@H](CCC2CCC(C(=O)NC)C(OC)C2)C(=O)N(C)[C@@H](CC(C)C)C(=O)N[C@H](C(=O)N2CCCCC2)CC(=O)N(C)CC(=O)N(C)[C@@H](CC(C)C)C(=O)N[C@@H]([C@@H](C)CC)C(=O)N(C)[C@@H](CC(C)C)C(=O)N[C@@H]([C@@H](C)O)C1=O. The lowest BCUT2D eigenvalue weighted by Crippen LogP contribution is -2.62. The van der Waals surface area contributed by atoms with Gasteiger partial charge >= 0.3 is 0 Å². The maximum absolute atomic E-state index is 15.7. The van der Waals surface area contributed by atoms with Crippen LogP contribution in [0.4, 0.5) is 0 Å². The second-order valence-corrected chi connectivity index (χ2v) is 33.1. The summed E-state index contributed by atoms with van der Waals surface area (Å²) in [6.07, 6.45) is 8.03. The molecule has 107 heavy (non-hydrogen) atoms. The van der Waals surface area contributed by atoms with Crippen LogP contribution in [0, 0.1) is 47.3 Å². The highest BCUT2D eigenvalue weighted by Crippen LogP contribution is 2.35. The lowest BCUT2D eigenvalue weighted by atomic mass is 9.77. The van der Waals surface area contributed by atoms with E-state index in [2.05, 4.69) is 26.6 Å². The third-order valence-electron chi connectivity index (χ3n) is 22.7. The van der Waals surface area contributed by atoms with Gasteiger partial charge in [-0.25, -0.2) is 0 Å². The molecule has 28 nitrogen and oxygen atoms in total. The second-order valence-electron chi connectivity index (χ2n) is 33.1. The van der Waals surface area contributed by atoms with Crippen molar-refractivity contribution in [2.45, 2.75) is 291 Å². The monoisotopic (exact) mass is 1510 g/mol. The topological polar surface area (TPSA) is 337 Å². The highest BCUT2D eigenvalue weighted by molar-refractivity contribution is 6.00. The molecule has 2 saturated heterocycles. The van der Waals surface area contributed by atoms with Gasteiger partial charge in [0, 0.05) is 76.1 Å². The van der Waals surface area contributed by atoms with Crippen molar-refractivity contribution in [1.82, 2.24) is 65.8 Å². The van der Waals surface area contributed by atoms with E-state index in [0.29, 0.717) is 70.9 Å². The fourth-order valence-electron chi connectivity index (χ4n) is 15.6. The van der Waals surface area contributed by atoms with Crippen molar-refractivity contribution in [2.24, 2.45) is 47.3 Å². The van der Waals surface area contributed by atoms with E-state index in [9.17, 15) is 33.9 Å². The summed E-state index contributed by atoms with van der Waals surface area (Å²) in [7, 11) is 11.8. The first-order valence-corrected chi connectivity index (χ1v) is 40.1. The number of nitrogens with zero attached hydrogens (tertiary/aromatic N) is 8. The molecule has 0 aromatic rings. The molecule has 28 heteroatoms. The standard InChI is InChI=1S/C79H139N13O15/c1-21-23-36-92-47-67(96)87(16)63(43-54-30-26-24-27-31-54)77(104)89(18)61(41-50(7)8)71(98)81-57(35-33-55-32-34-56(70(97)80-13)64(44-55)107-20)75(102)88(17)60(40-49(5)6)72(99)82-58(76(103)91-37-28-25-29-38-91)45-65(94)85(14)46-66(95)86(15)59(39-48(3)4)73(100)83-68(52(11)22-2)78(105)90(19)62(42-51(9)10)74(101)84-69(53(12)93)79(92)106/h48-64,68-69,93H,21-47H2,1-20H3,(H,80,97)(H,81,98)(H,82,99)(H,83,100)(H,84,101)/t52-,53+,55?,56?,57+,58-,59-,60-,61-,62-,63-,64?,68-,69-/m0/s1. The van der Waals surface area contributed by atoms with Crippen LogP contribution in [0.2, 0.25) is 0 Å². The fraction of sp³-hybridized carbons (Fsp3) is 0.835. The first-order valence-electron chi connectivity index (χ1n) is 40.1. The molecule has 0 bridgehead atoms. The van der Waals surface area contributed by atoms with Crippen LogP contribution in [0.25, 0.3) is 0 Å². The Bertz CT molecular complexity index is 2960. The van der Waals surface area contributed by atoms with Gasteiger partial charge in [0.2, 0.25) is 76.8 Å². The number of unbranched alkanes of at least 4 members (excludes halogenated alkanes) is 1. The average molecular weight is 1510 g/mol. The zero-order chi connectivity index (χ0) is 80.4. The molecular weight excluding hydrogens is 1370 g/mol. The van der Waals surface area contributed by atoms with Crippen LogP contribution >= 0.6 is 0 Å². The molecule has 2 heterocycles. The van der Waals surface area contributed by atoms with Gasteiger partial charge in [0.1, 0.15) is 54.4 Å². The summed E-state index contributed by atoms with van der Waals surface area (Å²) in [5.74, 6) is -10.0. The third-order valence-corrected chi connectivity index (χ3v) is 22.7. The quantitative estimate of drug-likeness (QED) is 0.0821. The lowest BCUT2D eigenvalue weighted by Gasteiger charge is -2.39. The van der Waals surface area contributed by atoms with Crippen molar-refractivity contribution in [1.29, 1.82) is 0 Å². The number of carbonyl (C=O) groups excluding carboxylic acids is 13. The molecule has 0 radical (unpaired) electrons. The predicted molar refractivity (Wildman–Crippen MR) is 410 cm³/mol. The number of rotatable bonds is 22. The summed E-state index contributed by atoms with van der Waals surface area (Å²) < 4.78 is 5.88. The number of carbonyl (C=O) groups is 13. The summed E-state index contributed by atoms with van der Waals surface area (Å²) >= 11 is 0. The van der Waals surface area contributed by atoms with E-state index >= 15 is 33.6 Å². The Morgan fingerprint density at radius 3 is 1.50 bits per heavy atom. The molecule has 3 unspecified atom stereocenters. The van der Waals surface area contributed by atoms with Crippen LogP contribution < -0.4 is 26.6 Å². The Balaban J connectivity index is 2.00. The van der Waals surface area contributed by atoms with E-state index in [1.165, 1.54) is 78.6 Å². The number of methoxy groups -OCH3 is 1. The first-order chi connectivity index (χ1) is 50.3. The third kappa shape index (κ3) is 27.2. The van der Waals surface area contributed by atoms with Crippen molar-refractivity contribution in [3.05, 3.63) is 0 Å². The van der Waals surface area contributed by atoms with Gasteiger partial charge in [-0.1, -0.05) is 121 Å². The molecule has 2 saturated carbocycles. The highest BCUT2D eigenvalue weighted by atomic mass is 16.5. The molecule has 610 valence electrons. The van der Waals surface area contributed by atoms with Crippen molar-refractivity contribution >= 4 is 76.8 Å². The molecule has 0 spiro atoms. The Morgan fingerprint density at radius 2 is 1.00 bits per heavy atom. The molecule has 2 aliphatic heterocycles. The van der Waals surface area contributed by atoms with Gasteiger partial charge in [-0.2, -0.15) is 0 Å². The minimum absolute atomic E-state index is 0.00422. The maximum atomic E-state index is 15.7. The van der Waals surface area contributed by atoms with E-state index in [-0.39, 0.29) is 86.5 Å². The summed E-state index contributed by atoms with van der Waals surface area (Å²) in [5, 5.41) is 25.9. The van der Waals surface area contributed by atoms with Gasteiger partial charge in [-0.3, -0.25) is 62.3 Å². The van der Waals surface area contributed by atoms with Crippen molar-refractivity contribution < 1.29 is 72.2 Å². The van der Waals surface area contributed by atoms with Gasteiger partial charge in [-0.05, 0) is 138 Å². The normalized spacial score (nSPS) is 27.8. The number of likely N-dealkylation sites (tertiary alicyclic amines) is 1. The predicted octanol–water partition coefficient (Wildman–Crippen LogP) is 5.10. The number of hydrogen-bond acceptors (Lipinski definition) is 15. The molecule has 4 rings (SSSR count). The second kappa shape index (κ2) is 44.6. The van der Waals surface area contributed by atoms with Crippen molar-refractivity contribution in [3.8, 4) is 0 Å². The summed E-state index contributed by atoms with van der Waals surface area (Å²) in [6, 6.07) is -11.8. The van der Waals surface area contributed by atoms with E-state index in [4.69, 9.17) is 4.74 Å². The molecule has 0 aromatic heterocycles. The number of aliphatic hydroxyl groups is 1. The van der Waals surface area contributed by atoms with Crippen LogP contribution in [0.15, 0.2) is 0 Å². The maximum Gasteiger partial charge on any atom is 0.248 e. The average Bonchev–Trinajstić information content (AvgIpc) is 0.820. The Kier molecular flexibility index (Phi) is 38.5.